The van der Waals surface area contributed by atoms with E-state index in [1.54, 1.807) is 0 Å². The molecule has 2 saturated heterocycles. The summed E-state index contributed by atoms with van der Waals surface area (Å²) in [5, 5.41) is 3.08. The van der Waals surface area contributed by atoms with E-state index in [9.17, 15) is 9.59 Å². The van der Waals surface area contributed by atoms with Crippen molar-refractivity contribution in [2.75, 3.05) is 45.8 Å². The van der Waals surface area contributed by atoms with E-state index in [1.165, 1.54) is 18.4 Å². The van der Waals surface area contributed by atoms with Crippen molar-refractivity contribution in [1.82, 2.24) is 20.0 Å². The second-order valence-electron chi connectivity index (χ2n) is 8.78. The molecule has 6 nitrogen and oxygen atoms in total. The van der Waals surface area contributed by atoms with E-state index in [2.05, 4.69) is 45.4 Å². The zero-order valence-electron chi connectivity index (χ0n) is 17.4. The molecular weight excluding hydrogens is 364 g/mol. The van der Waals surface area contributed by atoms with Crippen LogP contribution < -0.4 is 5.32 Å². The Hall–Kier alpha value is -1.92. The average Bonchev–Trinajstić information content (AvgIpc) is 3.39. The highest BCUT2D eigenvalue weighted by atomic mass is 16.2. The normalized spacial score (nSPS) is 24.3. The molecule has 0 radical (unpaired) electrons. The van der Waals surface area contributed by atoms with Gasteiger partial charge in [0.15, 0.2) is 0 Å². The fraction of sp³-hybridized carbons (Fsp3) is 0.652. The number of carbonyl (C=O) groups excluding carboxylic acids is 2. The molecule has 0 spiro atoms. The predicted octanol–water partition coefficient (Wildman–Crippen LogP) is 1.71. The predicted molar refractivity (Wildman–Crippen MR) is 113 cm³/mol. The maximum atomic E-state index is 12.5. The molecule has 1 aromatic carbocycles. The second kappa shape index (κ2) is 9.72. The Kier molecular flexibility index (Phi) is 6.82. The largest absolute Gasteiger partial charge is 0.355 e. The Labute approximate surface area is 174 Å². The number of nitrogens with one attached hydrogen (secondary N) is 1. The van der Waals surface area contributed by atoms with Gasteiger partial charge in [-0.3, -0.25) is 19.4 Å². The summed E-state index contributed by atoms with van der Waals surface area (Å²) in [6.45, 7) is 7.41. The Morgan fingerprint density at radius 1 is 1.00 bits per heavy atom. The summed E-state index contributed by atoms with van der Waals surface area (Å²) >= 11 is 0. The number of hydrogen-bond acceptors (Lipinski definition) is 4. The maximum absolute atomic E-state index is 12.5. The summed E-state index contributed by atoms with van der Waals surface area (Å²) in [5.41, 5.74) is 1.37. The Morgan fingerprint density at radius 2 is 1.69 bits per heavy atom. The summed E-state index contributed by atoms with van der Waals surface area (Å²) < 4.78 is 0. The first-order valence-electron chi connectivity index (χ1n) is 11.2. The summed E-state index contributed by atoms with van der Waals surface area (Å²) in [5.74, 6) is 0.0685. The smallest absolute Gasteiger partial charge is 0.225 e. The monoisotopic (exact) mass is 398 g/mol. The average molecular weight is 399 g/mol. The van der Waals surface area contributed by atoms with Gasteiger partial charge in [0.25, 0.3) is 0 Å². The molecule has 1 N–H and O–H groups in total. The van der Waals surface area contributed by atoms with Crippen molar-refractivity contribution in [2.24, 2.45) is 5.92 Å². The van der Waals surface area contributed by atoms with Gasteiger partial charge in [0.2, 0.25) is 11.8 Å². The minimum Gasteiger partial charge on any atom is -0.355 e. The van der Waals surface area contributed by atoms with Crippen molar-refractivity contribution >= 4 is 11.8 Å². The molecule has 158 valence electrons. The first-order chi connectivity index (χ1) is 14.2. The molecule has 2 heterocycles. The number of nitrogens with zero attached hydrogens (tertiary/aromatic N) is 3. The summed E-state index contributed by atoms with van der Waals surface area (Å²) in [6.07, 6.45) is 5.03. The zero-order valence-corrected chi connectivity index (χ0v) is 17.4. The van der Waals surface area contributed by atoms with Crippen LogP contribution in [-0.4, -0.2) is 78.4 Å². The van der Waals surface area contributed by atoms with Crippen molar-refractivity contribution in [3.05, 3.63) is 35.9 Å². The van der Waals surface area contributed by atoms with Crippen molar-refractivity contribution in [3.8, 4) is 0 Å². The Bertz CT molecular complexity index is 681. The molecule has 0 aromatic heterocycles. The van der Waals surface area contributed by atoms with Crippen molar-refractivity contribution < 1.29 is 9.59 Å². The van der Waals surface area contributed by atoms with Gasteiger partial charge in [-0.1, -0.05) is 43.2 Å². The van der Waals surface area contributed by atoms with Gasteiger partial charge in [-0.15, -0.1) is 0 Å². The lowest BCUT2D eigenvalue weighted by molar-refractivity contribution is -0.130. The van der Waals surface area contributed by atoms with Crippen LogP contribution in [0.3, 0.4) is 0 Å². The van der Waals surface area contributed by atoms with Gasteiger partial charge >= 0.3 is 0 Å². The second-order valence-corrected chi connectivity index (χ2v) is 8.78. The highest BCUT2D eigenvalue weighted by Crippen LogP contribution is 2.29. The molecule has 2 amide bonds. The van der Waals surface area contributed by atoms with Gasteiger partial charge in [0.1, 0.15) is 0 Å². The van der Waals surface area contributed by atoms with Crippen molar-refractivity contribution in [1.29, 1.82) is 0 Å². The van der Waals surface area contributed by atoms with Crippen molar-refractivity contribution in [2.45, 2.75) is 44.7 Å². The molecule has 4 rings (SSSR count). The minimum absolute atomic E-state index is 0.0570. The number of carbonyl (C=O) groups is 2. The first kappa shape index (κ1) is 20.4. The third kappa shape index (κ3) is 5.37. The molecule has 0 bridgehead atoms. The van der Waals surface area contributed by atoms with Crippen LogP contribution in [0.1, 0.15) is 37.7 Å². The topological polar surface area (TPSA) is 55.9 Å². The lowest BCUT2D eigenvalue weighted by atomic mass is 10.1. The molecule has 1 aliphatic carbocycles. The van der Waals surface area contributed by atoms with Crippen LogP contribution in [0.25, 0.3) is 0 Å². The third-order valence-electron chi connectivity index (χ3n) is 6.74. The van der Waals surface area contributed by atoms with Gasteiger partial charge in [0.05, 0.1) is 5.92 Å². The third-order valence-corrected chi connectivity index (χ3v) is 6.74. The van der Waals surface area contributed by atoms with Crippen LogP contribution in [0.4, 0.5) is 0 Å². The van der Waals surface area contributed by atoms with Gasteiger partial charge in [0, 0.05) is 64.8 Å². The fourth-order valence-electron chi connectivity index (χ4n) is 4.97. The van der Waals surface area contributed by atoms with Crippen LogP contribution in [-0.2, 0) is 16.1 Å². The van der Waals surface area contributed by atoms with Gasteiger partial charge in [-0.05, 0) is 18.4 Å². The number of benzene rings is 1. The van der Waals surface area contributed by atoms with E-state index in [4.69, 9.17) is 0 Å². The van der Waals surface area contributed by atoms with E-state index >= 15 is 0 Å². The van der Waals surface area contributed by atoms with Crippen LogP contribution in [0.15, 0.2) is 30.3 Å². The molecule has 1 aromatic rings. The lowest BCUT2D eigenvalue weighted by Gasteiger charge is -2.34. The number of amides is 2. The summed E-state index contributed by atoms with van der Waals surface area (Å²) in [4.78, 5) is 31.7. The minimum atomic E-state index is -0.161. The molecular formula is C23H34N4O2. The van der Waals surface area contributed by atoms with E-state index in [0.717, 1.165) is 52.1 Å². The highest BCUT2D eigenvalue weighted by Gasteiger charge is 2.38. The molecule has 6 heteroatoms. The first-order valence-corrected chi connectivity index (χ1v) is 11.2. The van der Waals surface area contributed by atoms with E-state index in [-0.39, 0.29) is 17.7 Å². The van der Waals surface area contributed by atoms with Crippen LogP contribution in [0, 0.1) is 5.92 Å². The molecule has 0 unspecified atom stereocenters. The maximum Gasteiger partial charge on any atom is 0.225 e. The standard InChI is InChI=1S/C23H34N4O2/c28-22-16-20(18-27(22)21-8-4-5-9-21)23(29)24-10-11-25-12-14-26(15-13-25)17-19-6-2-1-3-7-19/h1-3,6-7,20-21H,4-5,8-18H2,(H,24,29)/t20-/m1/s1. The zero-order chi connectivity index (χ0) is 20.1. The van der Waals surface area contributed by atoms with Gasteiger partial charge < -0.3 is 10.2 Å². The van der Waals surface area contributed by atoms with Crippen LogP contribution >= 0.6 is 0 Å². The molecule has 29 heavy (non-hydrogen) atoms. The molecule has 2 aliphatic heterocycles. The quantitative estimate of drug-likeness (QED) is 0.760. The van der Waals surface area contributed by atoms with E-state index in [0.29, 0.717) is 25.6 Å². The summed E-state index contributed by atoms with van der Waals surface area (Å²) in [6, 6.07) is 11.0. The number of likely N-dealkylation sites (tertiary alicyclic amines) is 1. The Morgan fingerprint density at radius 3 is 2.41 bits per heavy atom. The molecule has 3 fully saturated rings. The molecule has 1 saturated carbocycles. The van der Waals surface area contributed by atoms with E-state index in [1.807, 2.05) is 4.90 Å². The molecule has 1 atom stereocenters. The van der Waals surface area contributed by atoms with Crippen LogP contribution in [0.5, 0.6) is 0 Å². The number of hydrogen-bond donors (Lipinski definition) is 1. The number of piperazine rings is 1. The van der Waals surface area contributed by atoms with Gasteiger partial charge in [-0.2, -0.15) is 0 Å². The number of rotatable bonds is 7. The lowest BCUT2D eigenvalue weighted by Crippen LogP contribution is -2.48. The highest BCUT2D eigenvalue weighted by molar-refractivity contribution is 5.89. The van der Waals surface area contributed by atoms with E-state index < -0.39 is 0 Å². The SMILES string of the molecule is O=C(NCCN1CCN(Cc2ccccc2)CC1)[C@@H]1CC(=O)N(C2CCCC2)C1. The summed E-state index contributed by atoms with van der Waals surface area (Å²) in [7, 11) is 0. The van der Waals surface area contributed by atoms with Gasteiger partial charge in [-0.25, -0.2) is 0 Å². The van der Waals surface area contributed by atoms with Crippen LogP contribution in [0.2, 0.25) is 0 Å². The van der Waals surface area contributed by atoms with Crippen molar-refractivity contribution in [3.63, 3.8) is 0 Å². The Balaban J connectivity index is 1.13. The fourth-order valence-corrected chi connectivity index (χ4v) is 4.97. The molecule has 3 aliphatic rings.